The Balaban J connectivity index is 1.28. The van der Waals surface area contributed by atoms with Gasteiger partial charge in [0.05, 0.1) is 17.7 Å². The molecule has 154 valence electrons. The Bertz CT molecular complexity index is 812. The van der Waals surface area contributed by atoms with Crippen LogP contribution in [0.15, 0.2) is 48.7 Å². The second-order valence-electron chi connectivity index (χ2n) is 8.03. The fourth-order valence-electron chi connectivity index (χ4n) is 4.37. The SMILES string of the molecule is COCCN1CCC2(CCN(Cc3ccc(OCc4ccccn4)cc3)C2)C1=O. The molecule has 2 fully saturated rings. The first-order valence-electron chi connectivity index (χ1n) is 10.3. The lowest BCUT2D eigenvalue weighted by Gasteiger charge is -2.23. The van der Waals surface area contributed by atoms with Crippen LogP contribution < -0.4 is 4.74 Å². The molecule has 1 unspecified atom stereocenters. The molecule has 1 aromatic carbocycles. The van der Waals surface area contributed by atoms with Gasteiger partial charge in [0.2, 0.25) is 5.91 Å². The lowest BCUT2D eigenvalue weighted by atomic mass is 9.85. The molecule has 2 aliphatic rings. The number of carbonyl (C=O) groups excluding carboxylic acids is 1. The predicted octanol–water partition coefficient (Wildman–Crippen LogP) is 2.73. The first-order chi connectivity index (χ1) is 14.2. The zero-order valence-electron chi connectivity index (χ0n) is 17.0. The van der Waals surface area contributed by atoms with E-state index in [0.29, 0.717) is 25.7 Å². The Labute approximate surface area is 172 Å². The number of ether oxygens (including phenoxy) is 2. The van der Waals surface area contributed by atoms with Crippen molar-refractivity contribution >= 4 is 5.91 Å². The maximum absolute atomic E-state index is 12.9. The van der Waals surface area contributed by atoms with Gasteiger partial charge in [-0.15, -0.1) is 0 Å². The molecule has 1 atom stereocenters. The molecule has 6 nitrogen and oxygen atoms in total. The van der Waals surface area contributed by atoms with Gasteiger partial charge >= 0.3 is 0 Å². The molecule has 1 spiro atoms. The van der Waals surface area contributed by atoms with Gasteiger partial charge in [-0.3, -0.25) is 14.7 Å². The van der Waals surface area contributed by atoms with Gasteiger partial charge in [0.25, 0.3) is 0 Å². The average molecular weight is 396 g/mol. The number of hydrogen-bond donors (Lipinski definition) is 0. The number of methoxy groups -OCH3 is 1. The Morgan fingerprint density at radius 2 is 1.93 bits per heavy atom. The van der Waals surface area contributed by atoms with Crippen LogP contribution in [-0.2, 0) is 22.7 Å². The van der Waals surface area contributed by atoms with Crippen LogP contribution in [0, 0.1) is 5.41 Å². The fourth-order valence-corrected chi connectivity index (χ4v) is 4.37. The zero-order valence-corrected chi connectivity index (χ0v) is 17.0. The molecule has 1 aromatic heterocycles. The molecule has 2 aliphatic heterocycles. The molecule has 4 rings (SSSR count). The molecule has 2 aromatic rings. The standard InChI is InChI=1S/C23H29N3O3/c1-28-15-14-26-13-10-23(22(26)27)9-12-25(18-23)16-19-5-7-21(8-6-19)29-17-20-4-2-3-11-24-20/h2-8,11H,9-10,12-18H2,1H3. The van der Waals surface area contributed by atoms with Crippen molar-refractivity contribution in [1.29, 1.82) is 0 Å². The summed E-state index contributed by atoms with van der Waals surface area (Å²) in [5, 5.41) is 0. The third-order valence-electron chi connectivity index (χ3n) is 6.04. The van der Waals surface area contributed by atoms with E-state index in [0.717, 1.165) is 50.5 Å². The van der Waals surface area contributed by atoms with E-state index >= 15 is 0 Å². The summed E-state index contributed by atoms with van der Waals surface area (Å²) in [6, 6.07) is 14.1. The Kier molecular flexibility index (Phi) is 6.11. The van der Waals surface area contributed by atoms with E-state index in [-0.39, 0.29) is 5.41 Å². The van der Waals surface area contributed by atoms with Crippen molar-refractivity contribution in [2.75, 3.05) is 39.9 Å². The summed E-state index contributed by atoms with van der Waals surface area (Å²) in [5.74, 6) is 1.16. The summed E-state index contributed by atoms with van der Waals surface area (Å²) >= 11 is 0. The van der Waals surface area contributed by atoms with Gasteiger partial charge in [0, 0.05) is 39.5 Å². The number of likely N-dealkylation sites (tertiary alicyclic amines) is 2. The minimum Gasteiger partial charge on any atom is -0.487 e. The van der Waals surface area contributed by atoms with Crippen LogP contribution in [0.2, 0.25) is 0 Å². The first kappa shape index (κ1) is 19.9. The number of pyridine rings is 1. The maximum Gasteiger partial charge on any atom is 0.230 e. The molecule has 0 bridgehead atoms. The first-order valence-corrected chi connectivity index (χ1v) is 10.3. The van der Waals surface area contributed by atoms with Gasteiger partial charge < -0.3 is 14.4 Å². The van der Waals surface area contributed by atoms with Crippen LogP contribution in [0.25, 0.3) is 0 Å². The fraction of sp³-hybridized carbons (Fsp3) is 0.478. The smallest absolute Gasteiger partial charge is 0.230 e. The number of amides is 1. The van der Waals surface area contributed by atoms with Crippen molar-refractivity contribution in [2.24, 2.45) is 5.41 Å². The lowest BCUT2D eigenvalue weighted by Crippen LogP contribution is -2.38. The number of hydrogen-bond acceptors (Lipinski definition) is 5. The normalized spacial score (nSPS) is 22.0. The monoisotopic (exact) mass is 395 g/mol. The highest BCUT2D eigenvalue weighted by atomic mass is 16.5. The van der Waals surface area contributed by atoms with Crippen LogP contribution >= 0.6 is 0 Å². The van der Waals surface area contributed by atoms with Crippen LogP contribution in [0.1, 0.15) is 24.1 Å². The molecule has 0 radical (unpaired) electrons. The maximum atomic E-state index is 12.9. The van der Waals surface area contributed by atoms with Crippen molar-refractivity contribution in [3.05, 3.63) is 59.9 Å². The van der Waals surface area contributed by atoms with E-state index in [9.17, 15) is 4.79 Å². The number of aromatic nitrogens is 1. The lowest BCUT2D eigenvalue weighted by molar-refractivity contribution is -0.136. The van der Waals surface area contributed by atoms with E-state index in [1.165, 1.54) is 5.56 Å². The van der Waals surface area contributed by atoms with Crippen LogP contribution in [-0.4, -0.2) is 60.6 Å². The van der Waals surface area contributed by atoms with Crippen molar-refractivity contribution in [2.45, 2.75) is 26.0 Å². The van der Waals surface area contributed by atoms with Crippen molar-refractivity contribution in [3.63, 3.8) is 0 Å². The minimum absolute atomic E-state index is 0.181. The van der Waals surface area contributed by atoms with Crippen LogP contribution in [0.4, 0.5) is 0 Å². The van der Waals surface area contributed by atoms with E-state index in [4.69, 9.17) is 9.47 Å². The Morgan fingerprint density at radius 3 is 2.69 bits per heavy atom. The summed E-state index contributed by atoms with van der Waals surface area (Å²) in [6.45, 7) is 5.34. The van der Waals surface area contributed by atoms with E-state index in [1.54, 1.807) is 13.3 Å². The molecule has 6 heteroatoms. The topological polar surface area (TPSA) is 54.9 Å². The van der Waals surface area contributed by atoms with Crippen molar-refractivity contribution in [1.82, 2.24) is 14.8 Å². The van der Waals surface area contributed by atoms with Gasteiger partial charge in [-0.2, -0.15) is 0 Å². The van der Waals surface area contributed by atoms with Crippen LogP contribution in [0.5, 0.6) is 5.75 Å². The van der Waals surface area contributed by atoms with Gasteiger partial charge in [-0.25, -0.2) is 0 Å². The summed E-state index contributed by atoms with van der Waals surface area (Å²) < 4.78 is 11.0. The Morgan fingerprint density at radius 1 is 1.10 bits per heavy atom. The molecule has 2 saturated heterocycles. The number of nitrogens with zero attached hydrogens (tertiary/aromatic N) is 3. The molecular weight excluding hydrogens is 366 g/mol. The third kappa shape index (κ3) is 4.60. The molecule has 0 saturated carbocycles. The number of rotatable bonds is 8. The van der Waals surface area contributed by atoms with E-state index in [2.05, 4.69) is 22.0 Å². The molecule has 0 N–H and O–H groups in total. The van der Waals surface area contributed by atoms with E-state index < -0.39 is 0 Å². The quantitative estimate of drug-likeness (QED) is 0.688. The summed E-state index contributed by atoms with van der Waals surface area (Å²) in [5.41, 5.74) is 1.98. The third-order valence-corrected chi connectivity index (χ3v) is 6.04. The van der Waals surface area contributed by atoms with E-state index in [1.807, 2.05) is 35.2 Å². The minimum atomic E-state index is -0.181. The summed E-state index contributed by atoms with van der Waals surface area (Å²) in [7, 11) is 1.68. The van der Waals surface area contributed by atoms with Gasteiger partial charge in [-0.1, -0.05) is 18.2 Å². The summed E-state index contributed by atoms with van der Waals surface area (Å²) in [4.78, 5) is 21.5. The second-order valence-corrected chi connectivity index (χ2v) is 8.03. The number of carbonyl (C=O) groups is 1. The summed E-state index contributed by atoms with van der Waals surface area (Å²) in [6.07, 6.45) is 3.70. The molecule has 1 amide bonds. The van der Waals surface area contributed by atoms with Gasteiger partial charge in [0.1, 0.15) is 12.4 Å². The van der Waals surface area contributed by atoms with Crippen molar-refractivity contribution < 1.29 is 14.3 Å². The largest absolute Gasteiger partial charge is 0.487 e. The van der Waals surface area contributed by atoms with Crippen molar-refractivity contribution in [3.8, 4) is 5.75 Å². The molecule has 3 heterocycles. The molecule has 29 heavy (non-hydrogen) atoms. The second kappa shape index (κ2) is 8.93. The zero-order chi connectivity index (χ0) is 20.1. The molecule has 0 aliphatic carbocycles. The van der Waals surface area contributed by atoms with Gasteiger partial charge in [0.15, 0.2) is 0 Å². The molecular formula is C23H29N3O3. The van der Waals surface area contributed by atoms with Crippen LogP contribution in [0.3, 0.4) is 0 Å². The van der Waals surface area contributed by atoms with Gasteiger partial charge in [-0.05, 0) is 49.2 Å². The highest BCUT2D eigenvalue weighted by Crippen LogP contribution is 2.41. The highest BCUT2D eigenvalue weighted by molar-refractivity contribution is 5.85. The number of benzene rings is 1. The predicted molar refractivity (Wildman–Crippen MR) is 110 cm³/mol. The average Bonchev–Trinajstić information content (AvgIpc) is 3.30. The Hall–Kier alpha value is -2.44. The highest BCUT2D eigenvalue weighted by Gasteiger charge is 2.50.